The van der Waals surface area contributed by atoms with E-state index in [9.17, 15) is 9.59 Å². The molecule has 1 atom stereocenters. The van der Waals surface area contributed by atoms with Gasteiger partial charge in [-0.1, -0.05) is 12.1 Å². The lowest BCUT2D eigenvalue weighted by Crippen LogP contribution is -2.40. The van der Waals surface area contributed by atoms with Crippen molar-refractivity contribution in [3.05, 3.63) is 57.3 Å². The average Bonchev–Trinajstić information content (AvgIpc) is 3.08. The van der Waals surface area contributed by atoms with Crippen LogP contribution in [0, 0.1) is 0 Å². The Hall–Kier alpha value is -1.98. The molecule has 2 amide bonds. The topological polar surface area (TPSA) is 49.4 Å². The molecule has 0 spiro atoms. The molecule has 3 heterocycles. The van der Waals surface area contributed by atoms with Gasteiger partial charge in [0.25, 0.3) is 11.8 Å². The fourth-order valence-electron chi connectivity index (χ4n) is 3.07. The van der Waals surface area contributed by atoms with Crippen LogP contribution in [-0.2, 0) is 6.42 Å². The first-order valence-corrected chi connectivity index (χ1v) is 7.88. The van der Waals surface area contributed by atoms with Gasteiger partial charge in [0.05, 0.1) is 17.2 Å². The van der Waals surface area contributed by atoms with Gasteiger partial charge in [-0.3, -0.25) is 14.5 Å². The lowest BCUT2D eigenvalue weighted by Gasteiger charge is -2.27. The number of imide groups is 1. The lowest BCUT2D eigenvalue weighted by molar-refractivity contribution is 0.0637. The van der Waals surface area contributed by atoms with E-state index in [-0.39, 0.29) is 17.9 Å². The summed E-state index contributed by atoms with van der Waals surface area (Å²) in [7, 11) is 0. The van der Waals surface area contributed by atoms with Crippen molar-refractivity contribution in [2.45, 2.75) is 12.5 Å². The molecular formula is C16H14N2O2S. The Labute approximate surface area is 126 Å². The minimum Gasteiger partial charge on any atom is -0.307 e. The Morgan fingerprint density at radius 1 is 1.14 bits per heavy atom. The van der Waals surface area contributed by atoms with Gasteiger partial charge in [0.1, 0.15) is 0 Å². The lowest BCUT2D eigenvalue weighted by atomic mass is 10.0. The predicted octanol–water partition coefficient (Wildman–Crippen LogP) is 2.23. The van der Waals surface area contributed by atoms with Crippen LogP contribution in [-0.4, -0.2) is 29.8 Å². The van der Waals surface area contributed by atoms with E-state index < -0.39 is 0 Å². The van der Waals surface area contributed by atoms with E-state index in [0.29, 0.717) is 17.7 Å². The zero-order valence-corrected chi connectivity index (χ0v) is 12.2. The van der Waals surface area contributed by atoms with Crippen molar-refractivity contribution in [3.63, 3.8) is 0 Å². The number of carbonyl (C=O) groups excluding carboxylic acids is 2. The van der Waals surface area contributed by atoms with E-state index in [1.54, 1.807) is 35.6 Å². The summed E-state index contributed by atoms with van der Waals surface area (Å²) in [4.78, 5) is 27.4. The summed E-state index contributed by atoms with van der Waals surface area (Å²) in [5, 5.41) is 5.50. The molecule has 0 saturated heterocycles. The normalized spacial score (nSPS) is 20.6. The molecule has 0 aliphatic carbocycles. The molecule has 1 aromatic heterocycles. The predicted molar refractivity (Wildman–Crippen MR) is 80.6 cm³/mol. The van der Waals surface area contributed by atoms with Crippen LogP contribution in [0.2, 0.25) is 0 Å². The number of hydrogen-bond donors (Lipinski definition) is 1. The summed E-state index contributed by atoms with van der Waals surface area (Å²) in [6.45, 7) is 1.29. The van der Waals surface area contributed by atoms with Crippen molar-refractivity contribution < 1.29 is 9.59 Å². The van der Waals surface area contributed by atoms with Gasteiger partial charge in [-0.15, -0.1) is 11.3 Å². The van der Waals surface area contributed by atoms with E-state index in [2.05, 4.69) is 16.8 Å². The van der Waals surface area contributed by atoms with Crippen molar-refractivity contribution >= 4 is 23.2 Å². The second-order valence-electron chi connectivity index (χ2n) is 5.33. The van der Waals surface area contributed by atoms with Gasteiger partial charge in [0, 0.05) is 11.4 Å². The van der Waals surface area contributed by atoms with Crippen molar-refractivity contribution in [1.29, 1.82) is 0 Å². The molecule has 2 aliphatic rings. The number of carbonyl (C=O) groups is 2. The Balaban J connectivity index is 1.63. The molecule has 106 valence electrons. The standard InChI is InChI=1S/C16H14N2O2S/c19-15-11-3-1-2-4-12(11)16(20)18(15)9-13-14-10(5-7-17-13)6-8-21-14/h1-4,6,8,13,17H,5,7,9H2. The maximum Gasteiger partial charge on any atom is 0.261 e. The highest BCUT2D eigenvalue weighted by Crippen LogP contribution is 2.31. The molecule has 5 heteroatoms. The summed E-state index contributed by atoms with van der Waals surface area (Å²) >= 11 is 1.69. The van der Waals surface area contributed by atoms with Crippen LogP contribution in [0.15, 0.2) is 35.7 Å². The molecule has 1 N–H and O–H groups in total. The van der Waals surface area contributed by atoms with Crippen LogP contribution in [0.4, 0.5) is 0 Å². The summed E-state index contributed by atoms with van der Waals surface area (Å²) in [6, 6.07) is 9.22. The Bertz CT molecular complexity index is 702. The van der Waals surface area contributed by atoms with Gasteiger partial charge in [0.15, 0.2) is 0 Å². The third kappa shape index (κ3) is 1.92. The SMILES string of the molecule is O=C1c2ccccc2C(=O)N1CC1NCCc2ccsc21. The minimum absolute atomic E-state index is 0.0518. The van der Waals surface area contributed by atoms with E-state index in [0.717, 1.165) is 13.0 Å². The third-order valence-electron chi connectivity index (χ3n) is 4.13. The highest BCUT2D eigenvalue weighted by atomic mass is 32.1. The number of hydrogen-bond acceptors (Lipinski definition) is 4. The molecule has 4 nitrogen and oxygen atoms in total. The number of rotatable bonds is 2. The summed E-state index contributed by atoms with van der Waals surface area (Å²) in [5.41, 5.74) is 2.37. The van der Waals surface area contributed by atoms with Crippen molar-refractivity contribution in [1.82, 2.24) is 10.2 Å². The van der Waals surface area contributed by atoms with E-state index in [1.807, 2.05) is 0 Å². The molecule has 0 bridgehead atoms. The number of nitrogens with one attached hydrogen (secondary N) is 1. The van der Waals surface area contributed by atoms with Gasteiger partial charge in [-0.2, -0.15) is 0 Å². The first-order chi connectivity index (χ1) is 10.3. The number of fused-ring (bicyclic) bond motifs is 2. The molecule has 0 radical (unpaired) electrons. The molecular weight excluding hydrogens is 284 g/mol. The first kappa shape index (κ1) is 12.7. The number of nitrogens with zero attached hydrogens (tertiary/aromatic N) is 1. The van der Waals surface area contributed by atoms with Crippen molar-refractivity contribution in [3.8, 4) is 0 Å². The molecule has 1 aromatic carbocycles. The maximum atomic E-state index is 12.4. The van der Waals surface area contributed by atoms with E-state index in [4.69, 9.17) is 0 Å². The van der Waals surface area contributed by atoms with Crippen LogP contribution in [0.5, 0.6) is 0 Å². The second-order valence-corrected chi connectivity index (χ2v) is 6.28. The van der Waals surface area contributed by atoms with Gasteiger partial charge in [0.2, 0.25) is 0 Å². The molecule has 1 unspecified atom stereocenters. The van der Waals surface area contributed by atoms with E-state index >= 15 is 0 Å². The number of thiophene rings is 1. The fraction of sp³-hybridized carbons (Fsp3) is 0.250. The molecule has 2 aliphatic heterocycles. The molecule has 0 saturated carbocycles. The van der Waals surface area contributed by atoms with Crippen LogP contribution in [0.25, 0.3) is 0 Å². The highest BCUT2D eigenvalue weighted by Gasteiger charge is 2.37. The Kier molecular flexibility index (Phi) is 2.90. The van der Waals surface area contributed by atoms with Crippen LogP contribution in [0.3, 0.4) is 0 Å². The van der Waals surface area contributed by atoms with Gasteiger partial charge < -0.3 is 5.32 Å². The molecule has 0 fully saturated rings. The average molecular weight is 298 g/mol. The van der Waals surface area contributed by atoms with Crippen molar-refractivity contribution in [2.75, 3.05) is 13.1 Å². The third-order valence-corrected chi connectivity index (χ3v) is 5.20. The Morgan fingerprint density at radius 3 is 2.57 bits per heavy atom. The van der Waals surface area contributed by atoms with Crippen LogP contribution >= 0.6 is 11.3 Å². The van der Waals surface area contributed by atoms with Crippen LogP contribution in [0.1, 0.15) is 37.2 Å². The smallest absolute Gasteiger partial charge is 0.261 e. The largest absolute Gasteiger partial charge is 0.307 e. The molecule has 4 rings (SSSR count). The van der Waals surface area contributed by atoms with Gasteiger partial charge in [-0.05, 0) is 42.1 Å². The quantitative estimate of drug-likeness (QED) is 0.865. The minimum atomic E-state index is -0.180. The molecule has 21 heavy (non-hydrogen) atoms. The summed E-state index contributed by atoms with van der Waals surface area (Å²) in [5.74, 6) is -0.359. The zero-order chi connectivity index (χ0) is 14.4. The van der Waals surface area contributed by atoms with Crippen molar-refractivity contribution in [2.24, 2.45) is 0 Å². The molecule has 2 aromatic rings. The fourth-order valence-corrected chi connectivity index (χ4v) is 4.09. The van der Waals surface area contributed by atoms with E-state index in [1.165, 1.54) is 15.3 Å². The summed E-state index contributed by atoms with van der Waals surface area (Å²) < 4.78 is 0. The Morgan fingerprint density at radius 2 is 1.86 bits per heavy atom. The van der Waals surface area contributed by atoms with Crippen LogP contribution < -0.4 is 5.32 Å². The first-order valence-electron chi connectivity index (χ1n) is 7.00. The summed E-state index contributed by atoms with van der Waals surface area (Å²) in [6.07, 6.45) is 1.01. The monoisotopic (exact) mass is 298 g/mol. The highest BCUT2D eigenvalue weighted by molar-refractivity contribution is 7.10. The second kappa shape index (κ2) is 4.79. The van der Waals surface area contributed by atoms with Gasteiger partial charge >= 0.3 is 0 Å². The number of benzene rings is 1. The maximum absolute atomic E-state index is 12.4. The van der Waals surface area contributed by atoms with Gasteiger partial charge in [-0.25, -0.2) is 0 Å². The zero-order valence-electron chi connectivity index (χ0n) is 11.3. The number of amides is 2.